The summed E-state index contributed by atoms with van der Waals surface area (Å²) < 4.78 is 0. The minimum absolute atomic E-state index is 0.0457. The molecule has 1 aliphatic heterocycles. The van der Waals surface area contributed by atoms with Gasteiger partial charge in [-0.25, -0.2) is 0 Å². The van der Waals surface area contributed by atoms with E-state index in [-0.39, 0.29) is 23.6 Å². The highest BCUT2D eigenvalue weighted by molar-refractivity contribution is 5.88. The van der Waals surface area contributed by atoms with Crippen LogP contribution in [0.2, 0.25) is 0 Å². The summed E-state index contributed by atoms with van der Waals surface area (Å²) in [5, 5.41) is 2.62. The molecule has 0 bridgehead atoms. The Morgan fingerprint density at radius 2 is 1.17 bits per heavy atom. The maximum Gasteiger partial charge on any atom is 0.244 e. The third-order valence-corrected chi connectivity index (χ3v) is 5.21. The molecule has 2 aromatic rings. The highest BCUT2D eigenvalue weighted by atomic mass is 16.2. The first-order valence-electron chi connectivity index (χ1n) is 9.92. The fourth-order valence-electron chi connectivity index (χ4n) is 3.74. The standard InChI is InChI=1S/C23H27N3O3/c1-17(24-18(2)27)22(28)25-13-15-26(16-14-25)23(29)21(19-9-5-3-6-10-19)20-11-7-4-8-12-20/h3-12,17,21H,13-16H2,1-2H3,(H,24,27)/t17-/m1/s1. The van der Waals surface area contributed by atoms with Gasteiger partial charge in [-0.3, -0.25) is 14.4 Å². The van der Waals surface area contributed by atoms with Crippen molar-refractivity contribution in [2.24, 2.45) is 0 Å². The van der Waals surface area contributed by atoms with E-state index in [2.05, 4.69) is 5.32 Å². The van der Waals surface area contributed by atoms with Gasteiger partial charge >= 0.3 is 0 Å². The van der Waals surface area contributed by atoms with Crippen LogP contribution in [0.25, 0.3) is 0 Å². The van der Waals surface area contributed by atoms with Crippen LogP contribution in [0.15, 0.2) is 60.7 Å². The second-order valence-electron chi connectivity index (χ2n) is 7.33. The fraction of sp³-hybridized carbons (Fsp3) is 0.348. The van der Waals surface area contributed by atoms with Gasteiger partial charge in [-0.2, -0.15) is 0 Å². The highest BCUT2D eigenvalue weighted by Crippen LogP contribution is 2.27. The monoisotopic (exact) mass is 393 g/mol. The van der Waals surface area contributed by atoms with Crippen LogP contribution in [0.5, 0.6) is 0 Å². The van der Waals surface area contributed by atoms with E-state index in [0.717, 1.165) is 11.1 Å². The van der Waals surface area contributed by atoms with Gasteiger partial charge in [0.1, 0.15) is 6.04 Å². The van der Waals surface area contributed by atoms with Crippen LogP contribution in [0, 0.1) is 0 Å². The number of nitrogens with one attached hydrogen (secondary N) is 1. The van der Waals surface area contributed by atoms with Crippen LogP contribution >= 0.6 is 0 Å². The fourth-order valence-corrected chi connectivity index (χ4v) is 3.74. The van der Waals surface area contributed by atoms with Gasteiger partial charge in [-0.15, -0.1) is 0 Å². The number of carbonyl (C=O) groups excluding carboxylic acids is 3. The number of benzene rings is 2. The van der Waals surface area contributed by atoms with Gasteiger partial charge in [-0.05, 0) is 18.1 Å². The molecule has 1 fully saturated rings. The summed E-state index contributed by atoms with van der Waals surface area (Å²) in [6.45, 7) is 4.96. The summed E-state index contributed by atoms with van der Waals surface area (Å²) in [4.78, 5) is 40.7. The average Bonchev–Trinajstić information content (AvgIpc) is 2.74. The number of nitrogens with zero attached hydrogens (tertiary/aromatic N) is 2. The molecule has 6 nitrogen and oxygen atoms in total. The third-order valence-electron chi connectivity index (χ3n) is 5.21. The molecule has 29 heavy (non-hydrogen) atoms. The molecule has 1 saturated heterocycles. The molecule has 0 aliphatic carbocycles. The summed E-state index contributed by atoms with van der Waals surface area (Å²) in [5.74, 6) is -0.662. The molecule has 0 unspecified atom stereocenters. The third kappa shape index (κ3) is 5.02. The van der Waals surface area contributed by atoms with Crippen LogP contribution < -0.4 is 5.32 Å². The lowest BCUT2D eigenvalue weighted by molar-refractivity contribution is -0.141. The molecule has 3 rings (SSSR count). The SMILES string of the molecule is CC(=O)N[C@H](C)C(=O)N1CCN(C(=O)C(c2ccccc2)c2ccccc2)CC1. The summed E-state index contributed by atoms with van der Waals surface area (Å²) >= 11 is 0. The molecule has 1 atom stereocenters. The van der Waals surface area contributed by atoms with E-state index in [9.17, 15) is 14.4 Å². The molecule has 3 amide bonds. The smallest absolute Gasteiger partial charge is 0.244 e. The zero-order chi connectivity index (χ0) is 20.8. The van der Waals surface area contributed by atoms with Crippen LogP contribution in [0.4, 0.5) is 0 Å². The average molecular weight is 393 g/mol. The molecular weight excluding hydrogens is 366 g/mol. The van der Waals surface area contributed by atoms with E-state index in [1.807, 2.05) is 65.6 Å². The number of piperazine rings is 1. The van der Waals surface area contributed by atoms with Gasteiger partial charge < -0.3 is 15.1 Å². The van der Waals surface area contributed by atoms with Crippen molar-refractivity contribution < 1.29 is 14.4 Å². The molecule has 1 aliphatic rings. The van der Waals surface area contributed by atoms with Gasteiger partial charge in [0.05, 0.1) is 5.92 Å². The lowest BCUT2D eigenvalue weighted by Gasteiger charge is -2.37. The van der Waals surface area contributed by atoms with E-state index in [4.69, 9.17) is 0 Å². The number of rotatable bonds is 5. The Hall–Kier alpha value is -3.15. The van der Waals surface area contributed by atoms with Gasteiger partial charge in [-0.1, -0.05) is 60.7 Å². The van der Waals surface area contributed by atoms with Gasteiger partial charge in [0.15, 0.2) is 0 Å². The maximum atomic E-state index is 13.4. The van der Waals surface area contributed by atoms with Gasteiger partial charge in [0.25, 0.3) is 0 Å². The number of carbonyl (C=O) groups is 3. The Morgan fingerprint density at radius 1 is 0.759 bits per heavy atom. The molecule has 2 aromatic carbocycles. The number of amides is 3. The van der Waals surface area contributed by atoms with Crippen molar-refractivity contribution in [2.75, 3.05) is 26.2 Å². The van der Waals surface area contributed by atoms with Gasteiger partial charge in [0, 0.05) is 33.1 Å². The molecule has 1 heterocycles. The van der Waals surface area contributed by atoms with Crippen LogP contribution in [-0.4, -0.2) is 59.7 Å². The molecule has 0 saturated carbocycles. The largest absolute Gasteiger partial charge is 0.345 e. The van der Waals surface area contributed by atoms with E-state index in [0.29, 0.717) is 26.2 Å². The van der Waals surface area contributed by atoms with Crippen molar-refractivity contribution in [3.05, 3.63) is 71.8 Å². The zero-order valence-corrected chi connectivity index (χ0v) is 16.9. The highest BCUT2D eigenvalue weighted by Gasteiger charge is 2.31. The molecule has 1 N–H and O–H groups in total. The Kier molecular flexibility index (Phi) is 6.65. The minimum Gasteiger partial charge on any atom is -0.345 e. The minimum atomic E-state index is -0.559. The normalized spacial score (nSPS) is 15.1. The molecule has 0 spiro atoms. The quantitative estimate of drug-likeness (QED) is 0.845. The second-order valence-corrected chi connectivity index (χ2v) is 7.33. The predicted octanol–water partition coefficient (Wildman–Crippen LogP) is 2.01. The first-order valence-corrected chi connectivity index (χ1v) is 9.92. The lowest BCUT2D eigenvalue weighted by Crippen LogP contribution is -2.55. The molecule has 6 heteroatoms. The first-order chi connectivity index (χ1) is 14.0. The Bertz CT molecular complexity index is 807. The van der Waals surface area contributed by atoms with Crippen molar-refractivity contribution in [1.82, 2.24) is 15.1 Å². The van der Waals surface area contributed by atoms with Crippen molar-refractivity contribution in [1.29, 1.82) is 0 Å². The molecular formula is C23H27N3O3. The van der Waals surface area contributed by atoms with E-state index < -0.39 is 6.04 Å². The van der Waals surface area contributed by atoms with Crippen molar-refractivity contribution in [2.45, 2.75) is 25.8 Å². The van der Waals surface area contributed by atoms with Crippen molar-refractivity contribution >= 4 is 17.7 Å². The Labute approximate surface area is 171 Å². The number of hydrogen-bond acceptors (Lipinski definition) is 3. The van der Waals surface area contributed by atoms with Crippen molar-refractivity contribution in [3.8, 4) is 0 Å². The van der Waals surface area contributed by atoms with Crippen LogP contribution in [0.1, 0.15) is 30.9 Å². The van der Waals surface area contributed by atoms with Crippen LogP contribution in [0.3, 0.4) is 0 Å². The van der Waals surface area contributed by atoms with E-state index in [1.54, 1.807) is 11.8 Å². The molecule has 0 radical (unpaired) electrons. The topological polar surface area (TPSA) is 69.7 Å². The predicted molar refractivity (Wildman–Crippen MR) is 111 cm³/mol. The maximum absolute atomic E-state index is 13.4. The summed E-state index contributed by atoms with van der Waals surface area (Å²) in [7, 11) is 0. The molecule has 0 aromatic heterocycles. The Balaban J connectivity index is 1.71. The van der Waals surface area contributed by atoms with Gasteiger partial charge in [0.2, 0.25) is 17.7 Å². The van der Waals surface area contributed by atoms with Crippen molar-refractivity contribution in [3.63, 3.8) is 0 Å². The zero-order valence-electron chi connectivity index (χ0n) is 16.9. The first kappa shape index (κ1) is 20.6. The molecule has 152 valence electrons. The summed E-state index contributed by atoms with van der Waals surface area (Å²) in [5.41, 5.74) is 1.92. The lowest BCUT2D eigenvalue weighted by atomic mass is 9.90. The van der Waals surface area contributed by atoms with Crippen LogP contribution in [-0.2, 0) is 14.4 Å². The summed E-state index contributed by atoms with van der Waals surface area (Å²) in [6, 6.07) is 19.0. The Morgan fingerprint density at radius 3 is 1.59 bits per heavy atom. The number of hydrogen-bond donors (Lipinski definition) is 1. The second kappa shape index (κ2) is 9.37. The van der Waals surface area contributed by atoms with E-state index in [1.165, 1.54) is 6.92 Å². The van der Waals surface area contributed by atoms with E-state index >= 15 is 0 Å². The summed E-state index contributed by atoms with van der Waals surface area (Å²) in [6.07, 6.45) is 0.